The molecular formula is C23H17BrFN3O. The first-order chi connectivity index (χ1) is 14.1. The Hall–Kier alpha value is -3.25. The van der Waals surface area contributed by atoms with Crippen molar-refractivity contribution in [2.24, 2.45) is 5.10 Å². The predicted molar refractivity (Wildman–Crippen MR) is 117 cm³/mol. The van der Waals surface area contributed by atoms with Crippen molar-refractivity contribution in [3.63, 3.8) is 0 Å². The number of carbonyl (C=O) groups is 1. The lowest BCUT2D eigenvalue weighted by atomic mass is 10.2. The van der Waals surface area contributed by atoms with Gasteiger partial charge in [-0.2, -0.15) is 5.10 Å². The third-order valence-electron chi connectivity index (χ3n) is 4.57. The average Bonchev–Trinajstić information content (AvgIpc) is 3.08. The molecule has 0 aliphatic heterocycles. The first-order valence-electron chi connectivity index (χ1n) is 9.02. The van der Waals surface area contributed by atoms with Crippen molar-refractivity contribution < 1.29 is 9.18 Å². The van der Waals surface area contributed by atoms with Crippen LogP contribution in [0.15, 0.2) is 88.6 Å². The number of amides is 1. The standard InChI is InChI=1S/C23H17BrFN3O/c24-21-7-3-1-6-20(21)23(29)27-26-13-17-15-28(22-8-4-2-5-19(17)22)14-16-9-11-18(25)12-10-16/h1-13,15H,14H2,(H,27,29)/b26-13+. The van der Waals surface area contributed by atoms with Gasteiger partial charge in [-0.05, 0) is 51.8 Å². The van der Waals surface area contributed by atoms with E-state index in [0.717, 1.165) is 22.0 Å². The van der Waals surface area contributed by atoms with Crippen molar-refractivity contribution >= 4 is 39.0 Å². The first kappa shape index (κ1) is 19.1. The highest BCUT2D eigenvalue weighted by Crippen LogP contribution is 2.21. The molecule has 0 saturated carbocycles. The lowest BCUT2D eigenvalue weighted by Gasteiger charge is -2.05. The fraction of sp³-hybridized carbons (Fsp3) is 0.0435. The molecule has 4 nitrogen and oxygen atoms in total. The molecule has 1 N–H and O–H groups in total. The van der Waals surface area contributed by atoms with Gasteiger partial charge in [0.25, 0.3) is 5.91 Å². The van der Waals surface area contributed by atoms with Gasteiger partial charge in [0, 0.05) is 33.7 Å². The number of nitrogens with one attached hydrogen (secondary N) is 1. The van der Waals surface area contributed by atoms with E-state index in [2.05, 4.69) is 31.0 Å². The first-order valence-corrected chi connectivity index (χ1v) is 9.81. The fourth-order valence-corrected chi connectivity index (χ4v) is 3.63. The zero-order valence-corrected chi connectivity index (χ0v) is 16.9. The molecule has 4 aromatic rings. The molecule has 0 fully saturated rings. The molecule has 0 radical (unpaired) electrons. The van der Waals surface area contributed by atoms with Crippen LogP contribution in [0, 0.1) is 5.82 Å². The van der Waals surface area contributed by atoms with Crippen LogP contribution in [0.3, 0.4) is 0 Å². The van der Waals surface area contributed by atoms with Gasteiger partial charge in [0.15, 0.2) is 0 Å². The second kappa shape index (κ2) is 8.41. The number of hydrazone groups is 1. The summed E-state index contributed by atoms with van der Waals surface area (Å²) in [4.78, 5) is 12.3. The Bertz CT molecular complexity index is 1200. The monoisotopic (exact) mass is 449 g/mol. The van der Waals surface area contributed by atoms with E-state index in [9.17, 15) is 9.18 Å². The minimum atomic E-state index is -0.288. The molecule has 1 aromatic heterocycles. The number of nitrogens with zero attached hydrogens (tertiary/aromatic N) is 2. The summed E-state index contributed by atoms with van der Waals surface area (Å²) < 4.78 is 16.0. The Morgan fingerprint density at radius 3 is 2.55 bits per heavy atom. The van der Waals surface area contributed by atoms with Gasteiger partial charge in [-0.15, -0.1) is 0 Å². The molecule has 144 valence electrons. The molecule has 3 aromatic carbocycles. The van der Waals surface area contributed by atoms with Crippen LogP contribution >= 0.6 is 15.9 Å². The maximum Gasteiger partial charge on any atom is 0.272 e. The molecule has 1 heterocycles. The van der Waals surface area contributed by atoms with Crippen LogP contribution in [0.1, 0.15) is 21.5 Å². The van der Waals surface area contributed by atoms with Gasteiger partial charge in [-0.1, -0.05) is 42.5 Å². The minimum absolute atomic E-state index is 0.250. The smallest absolute Gasteiger partial charge is 0.272 e. The highest BCUT2D eigenvalue weighted by molar-refractivity contribution is 9.10. The van der Waals surface area contributed by atoms with E-state index >= 15 is 0 Å². The van der Waals surface area contributed by atoms with Crippen LogP contribution in [0.5, 0.6) is 0 Å². The van der Waals surface area contributed by atoms with E-state index in [1.54, 1.807) is 30.5 Å². The molecule has 0 atom stereocenters. The third-order valence-corrected chi connectivity index (χ3v) is 5.27. The second-order valence-electron chi connectivity index (χ2n) is 6.53. The van der Waals surface area contributed by atoms with E-state index in [1.165, 1.54) is 12.1 Å². The zero-order valence-electron chi connectivity index (χ0n) is 15.3. The largest absolute Gasteiger partial charge is 0.342 e. The fourth-order valence-electron chi connectivity index (χ4n) is 3.16. The quantitative estimate of drug-likeness (QED) is 0.323. The van der Waals surface area contributed by atoms with Crippen molar-refractivity contribution in [1.29, 1.82) is 0 Å². The Balaban J connectivity index is 1.57. The molecule has 6 heteroatoms. The van der Waals surface area contributed by atoms with Crippen LogP contribution in [-0.2, 0) is 6.54 Å². The number of para-hydroxylation sites is 1. The normalized spacial score (nSPS) is 11.2. The molecule has 0 bridgehead atoms. The van der Waals surface area contributed by atoms with Gasteiger partial charge in [0.05, 0.1) is 11.8 Å². The molecule has 0 spiro atoms. The number of aromatic nitrogens is 1. The average molecular weight is 450 g/mol. The van der Waals surface area contributed by atoms with E-state index in [1.807, 2.05) is 42.6 Å². The van der Waals surface area contributed by atoms with Crippen LogP contribution < -0.4 is 5.43 Å². The van der Waals surface area contributed by atoms with Gasteiger partial charge in [0.2, 0.25) is 0 Å². The molecule has 0 aliphatic rings. The Labute approximate surface area is 175 Å². The summed E-state index contributed by atoms with van der Waals surface area (Å²) in [6.07, 6.45) is 3.61. The van der Waals surface area contributed by atoms with Crippen LogP contribution in [0.2, 0.25) is 0 Å². The Morgan fingerprint density at radius 1 is 1.03 bits per heavy atom. The number of rotatable bonds is 5. The summed E-state index contributed by atoms with van der Waals surface area (Å²) in [6, 6.07) is 21.6. The van der Waals surface area contributed by atoms with Gasteiger partial charge >= 0.3 is 0 Å². The Kier molecular flexibility index (Phi) is 5.53. The molecule has 0 aliphatic carbocycles. The van der Waals surface area contributed by atoms with Crippen molar-refractivity contribution in [3.05, 3.63) is 106 Å². The molecule has 4 rings (SSSR count). The highest BCUT2D eigenvalue weighted by atomic mass is 79.9. The predicted octanol–water partition coefficient (Wildman–Crippen LogP) is 5.36. The SMILES string of the molecule is O=C(N/N=C/c1cn(Cc2ccc(F)cc2)c2ccccc12)c1ccccc1Br. The summed E-state index contributed by atoms with van der Waals surface area (Å²) >= 11 is 3.37. The molecule has 29 heavy (non-hydrogen) atoms. The van der Waals surface area contributed by atoms with E-state index in [4.69, 9.17) is 0 Å². The lowest BCUT2D eigenvalue weighted by Crippen LogP contribution is -2.18. The zero-order chi connectivity index (χ0) is 20.2. The second-order valence-corrected chi connectivity index (χ2v) is 7.39. The number of hydrogen-bond donors (Lipinski definition) is 1. The summed E-state index contributed by atoms with van der Waals surface area (Å²) in [6.45, 7) is 0.609. The summed E-state index contributed by atoms with van der Waals surface area (Å²) in [5, 5.41) is 5.15. The summed E-state index contributed by atoms with van der Waals surface area (Å²) in [7, 11) is 0. The number of hydrogen-bond acceptors (Lipinski definition) is 2. The van der Waals surface area contributed by atoms with Crippen LogP contribution in [-0.4, -0.2) is 16.7 Å². The summed E-state index contributed by atoms with van der Waals surface area (Å²) in [5.74, 6) is -0.538. The van der Waals surface area contributed by atoms with Crippen LogP contribution in [0.25, 0.3) is 10.9 Å². The lowest BCUT2D eigenvalue weighted by molar-refractivity contribution is 0.0954. The van der Waals surface area contributed by atoms with Crippen molar-refractivity contribution in [3.8, 4) is 0 Å². The number of fused-ring (bicyclic) bond motifs is 1. The van der Waals surface area contributed by atoms with E-state index in [-0.39, 0.29) is 11.7 Å². The Morgan fingerprint density at radius 2 is 1.76 bits per heavy atom. The van der Waals surface area contributed by atoms with Gasteiger partial charge in [-0.3, -0.25) is 4.79 Å². The van der Waals surface area contributed by atoms with Crippen molar-refractivity contribution in [2.75, 3.05) is 0 Å². The molecular weight excluding hydrogens is 433 g/mol. The summed E-state index contributed by atoms with van der Waals surface area (Å²) in [5.41, 5.74) is 6.00. The number of carbonyl (C=O) groups excluding carboxylic acids is 1. The van der Waals surface area contributed by atoms with Gasteiger partial charge in [0.1, 0.15) is 5.82 Å². The number of halogens is 2. The van der Waals surface area contributed by atoms with Gasteiger partial charge < -0.3 is 4.57 Å². The third kappa shape index (κ3) is 4.27. The topological polar surface area (TPSA) is 46.4 Å². The van der Waals surface area contributed by atoms with Crippen molar-refractivity contribution in [2.45, 2.75) is 6.54 Å². The highest BCUT2D eigenvalue weighted by Gasteiger charge is 2.09. The van der Waals surface area contributed by atoms with Crippen molar-refractivity contribution in [1.82, 2.24) is 9.99 Å². The number of benzene rings is 3. The van der Waals surface area contributed by atoms with Gasteiger partial charge in [-0.25, -0.2) is 9.82 Å². The molecule has 0 saturated heterocycles. The van der Waals surface area contributed by atoms with E-state index in [0.29, 0.717) is 16.6 Å². The van der Waals surface area contributed by atoms with Crippen LogP contribution in [0.4, 0.5) is 4.39 Å². The van der Waals surface area contributed by atoms with E-state index < -0.39 is 0 Å². The molecule has 0 unspecified atom stereocenters. The minimum Gasteiger partial charge on any atom is -0.342 e. The molecule has 1 amide bonds. The maximum atomic E-state index is 13.2. The maximum absolute atomic E-state index is 13.2.